The first-order valence-electron chi connectivity index (χ1n) is 9.84. The number of methoxy groups -OCH3 is 2. The largest absolute Gasteiger partial charge is 0.465 e. The predicted octanol–water partition coefficient (Wildman–Crippen LogP) is 3.58. The number of Topliss-reactive ketones (excluding diaryl/α,β-unsaturated/α-hetero) is 2. The molecule has 0 bridgehead atoms. The number of ketones is 2. The quantitative estimate of drug-likeness (QED) is 0.471. The molecule has 0 aliphatic heterocycles. The van der Waals surface area contributed by atoms with E-state index in [0.717, 1.165) is 21.9 Å². The second-order valence-electron chi connectivity index (χ2n) is 7.99. The summed E-state index contributed by atoms with van der Waals surface area (Å²) >= 11 is 0. The van der Waals surface area contributed by atoms with Crippen LogP contribution in [0, 0.1) is 5.41 Å². The number of carbonyl (C=O) groups is 4. The van der Waals surface area contributed by atoms with Crippen LogP contribution in [0.4, 0.5) is 0 Å². The van der Waals surface area contributed by atoms with Gasteiger partial charge in [-0.1, -0.05) is 36.4 Å². The molecule has 154 valence electrons. The van der Waals surface area contributed by atoms with Crippen molar-refractivity contribution < 1.29 is 28.7 Å². The molecule has 6 heteroatoms. The third-order valence-electron chi connectivity index (χ3n) is 6.38. The molecule has 0 saturated heterocycles. The van der Waals surface area contributed by atoms with Crippen LogP contribution in [0.3, 0.4) is 0 Å². The van der Waals surface area contributed by atoms with Crippen molar-refractivity contribution in [2.75, 3.05) is 14.2 Å². The molecule has 0 saturated carbocycles. The van der Waals surface area contributed by atoms with Crippen LogP contribution in [-0.4, -0.2) is 37.7 Å². The molecule has 6 nitrogen and oxygen atoms in total. The predicted molar refractivity (Wildman–Crippen MR) is 112 cm³/mol. The average molecular weight is 414 g/mol. The highest BCUT2D eigenvalue weighted by molar-refractivity contribution is 6.30. The second-order valence-corrected chi connectivity index (χ2v) is 7.99. The smallest absolute Gasteiger partial charge is 0.338 e. The molecule has 0 radical (unpaired) electrons. The van der Waals surface area contributed by atoms with Gasteiger partial charge in [-0.05, 0) is 46.9 Å². The number of esters is 2. The molecule has 5 rings (SSSR count). The Morgan fingerprint density at radius 2 is 1.16 bits per heavy atom. The lowest BCUT2D eigenvalue weighted by molar-refractivity contribution is 0.0555. The van der Waals surface area contributed by atoms with Crippen molar-refractivity contribution in [1.29, 1.82) is 0 Å². The van der Waals surface area contributed by atoms with Crippen molar-refractivity contribution in [2.45, 2.75) is 12.8 Å². The van der Waals surface area contributed by atoms with Crippen LogP contribution in [0.15, 0.2) is 48.5 Å². The second kappa shape index (κ2) is 6.60. The molecule has 0 aromatic heterocycles. The summed E-state index contributed by atoms with van der Waals surface area (Å²) in [7, 11) is 2.49. The summed E-state index contributed by atoms with van der Waals surface area (Å²) < 4.78 is 9.63. The van der Waals surface area contributed by atoms with Gasteiger partial charge in [-0.3, -0.25) is 9.59 Å². The van der Waals surface area contributed by atoms with Gasteiger partial charge in [0.05, 0.1) is 25.3 Å². The van der Waals surface area contributed by atoms with Crippen molar-refractivity contribution in [2.24, 2.45) is 5.41 Å². The third kappa shape index (κ3) is 2.57. The van der Waals surface area contributed by atoms with Crippen LogP contribution < -0.4 is 0 Å². The first-order chi connectivity index (χ1) is 14.9. The zero-order valence-corrected chi connectivity index (χ0v) is 17.0. The van der Waals surface area contributed by atoms with Crippen LogP contribution >= 0.6 is 0 Å². The zero-order valence-electron chi connectivity index (χ0n) is 17.0. The van der Waals surface area contributed by atoms with Crippen molar-refractivity contribution >= 4 is 34.3 Å². The fraction of sp³-hybridized carbons (Fsp3) is 0.200. The highest BCUT2D eigenvalue weighted by Crippen LogP contribution is 2.47. The normalized spacial score (nSPS) is 15.8. The van der Waals surface area contributed by atoms with Gasteiger partial charge in [0.1, 0.15) is 5.41 Å². The Hall–Kier alpha value is -3.80. The van der Waals surface area contributed by atoms with E-state index in [0.29, 0.717) is 24.0 Å². The van der Waals surface area contributed by atoms with Crippen molar-refractivity contribution in [3.8, 4) is 0 Å². The highest BCUT2D eigenvalue weighted by Gasteiger charge is 2.55. The standard InChI is InChI=1S/C25H18O6/c1-30-23(28)19-9-13-7-15-11-25(21(26)17-5-3-4-6-18(17)22(25)27)12-16(15)8-14(13)10-20(19)24(29)31-2/h3-10H,11-12H2,1-2H3. The van der Waals surface area contributed by atoms with Crippen LogP contribution in [0.1, 0.15) is 52.6 Å². The van der Waals surface area contributed by atoms with E-state index in [1.165, 1.54) is 14.2 Å². The Bertz CT molecular complexity index is 1230. The summed E-state index contributed by atoms with van der Waals surface area (Å²) in [5.74, 6) is -1.57. The maximum atomic E-state index is 13.2. The molecule has 31 heavy (non-hydrogen) atoms. The zero-order chi connectivity index (χ0) is 21.9. The van der Waals surface area contributed by atoms with E-state index in [1.54, 1.807) is 36.4 Å². The maximum absolute atomic E-state index is 13.2. The molecule has 2 aliphatic carbocycles. The molecular weight excluding hydrogens is 396 g/mol. The molecule has 3 aromatic rings. The monoisotopic (exact) mass is 414 g/mol. The molecule has 0 atom stereocenters. The topological polar surface area (TPSA) is 86.7 Å². The van der Waals surface area contributed by atoms with E-state index >= 15 is 0 Å². The minimum Gasteiger partial charge on any atom is -0.465 e. The molecule has 0 unspecified atom stereocenters. The molecule has 0 heterocycles. The fourth-order valence-electron chi connectivity index (χ4n) is 4.86. The number of rotatable bonds is 2. The van der Waals surface area contributed by atoms with E-state index in [4.69, 9.17) is 9.47 Å². The van der Waals surface area contributed by atoms with Gasteiger partial charge >= 0.3 is 11.9 Å². The van der Waals surface area contributed by atoms with Crippen molar-refractivity contribution in [3.05, 3.63) is 81.9 Å². The van der Waals surface area contributed by atoms with Crippen LogP contribution in [0.2, 0.25) is 0 Å². The van der Waals surface area contributed by atoms with Gasteiger partial charge in [-0.15, -0.1) is 0 Å². The number of fused-ring (bicyclic) bond motifs is 3. The highest BCUT2D eigenvalue weighted by atomic mass is 16.5. The lowest BCUT2D eigenvalue weighted by Crippen LogP contribution is -2.34. The first kappa shape index (κ1) is 19.2. The van der Waals surface area contributed by atoms with Gasteiger partial charge in [-0.2, -0.15) is 0 Å². The van der Waals surface area contributed by atoms with Gasteiger partial charge in [0, 0.05) is 11.1 Å². The van der Waals surface area contributed by atoms with Crippen molar-refractivity contribution in [1.82, 2.24) is 0 Å². The fourth-order valence-corrected chi connectivity index (χ4v) is 4.86. The van der Waals surface area contributed by atoms with Gasteiger partial charge in [0.25, 0.3) is 0 Å². The summed E-state index contributed by atoms with van der Waals surface area (Å²) in [6, 6.07) is 13.9. The summed E-state index contributed by atoms with van der Waals surface area (Å²) in [5, 5.41) is 1.44. The Morgan fingerprint density at radius 1 is 0.742 bits per heavy atom. The summed E-state index contributed by atoms with van der Waals surface area (Å²) in [6.07, 6.45) is 0.633. The van der Waals surface area contributed by atoms with E-state index in [1.807, 2.05) is 12.1 Å². The van der Waals surface area contributed by atoms with Gasteiger partial charge in [-0.25, -0.2) is 9.59 Å². The molecule has 0 fully saturated rings. The summed E-state index contributed by atoms with van der Waals surface area (Å²) in [5.41, 5.74) is 1.84. The number of carbonyl (C=O) groups excluding carboxylic acids is 4. The number of hydrogen-bond acceptors (Lipinski definition) is 6. The van der Waals surface area contributed by atoms with E-state index in [-0.39, 0.29) is 22.7 Å². The maximum Gasteiger partial charge on any atom is 0.338 e. The third-order valence-corrected chi connectivity index (χ3v) is 6.38. The Kier molecular flexibility index (Phi) is 4.09. The van der Waals surface area contributed by atoms with Crippen molar-refractivity contribution in [3.63, 3.8) is 0 Å². The van der Waals surface area contributed by atoms with E-state index in [2.05, 4.69) is 0 Å². The molecule has 0 N–H and O–H groups in total. The minimum atomic E-state index is -1.11. The lowest BCUT2D eigenvalue weighted by atomic mass is 9.80. The molecule has 3 aromatic carbocycles. The summed E-state index contributed by atoms with van der Waals surface area (Å²) in [6.45, 7) is 0. The van der Waals surface area contributed by atoms with E-state index < -0.39 is 17.4 Å². The molecule has 0 amide bonds. The number of hydrogen-bond donors (Lipinski definition) is 0. The molecule has 1 spiro atoms. The average Bonchev–Trinajstić information content (AvgIpc) is 3.27. The van der Waals surface area contributed by atoms with Gasteiger partial charge in [0.2, 0.25) is 0 Å². The lowest BCUT2D eigenvalue weighted by Gasteiger charge is -2.18. The Morgan fingerprint density at radius 3 is 1.55 bits per heavy atom. The summed E-state index contributed by atoms with van der Waals surface area (Å²) in [4.78, 5) is 50.9. The van der Waals surface area contributed by atoms with Crippen LogP contribution in [0.25, 0.3) is 10.8 Å². The van der Waals surface area contributed by atoms with Crippen LogP contribution in [-0.2, 0) is 22.3 Å². The number of benzene rings is 3. The van der Waals surface area contributed by atoms with Crippen LogP contribution in [0.5, 0.6) is 0 Å². The minimum absolute atomic E-state index is 0.106. The SMILES string of the molecule is COC(=O)c1cc2cc3c(cc2cc1C(=O)OC)CC1(C3)C(=O)c2ccccc2C1=O. The Labute approximate surface area is 177 Å². The first-order valence-corrected chi connectivity index (χ1v) is 9.84. The Balaban J connectivity index is 1.64. The van der Waals surface area contributed by atoms with Gasteiger partial charge < -0.3 is 9.47 Å². The van der Waals surface area contributed by atoms with E-state index in [9.17, 15) is 19.2 Å². The van der Waals surface area contributed by atoms with Gasteiger partial charge in [0.15, 0.2) is 11.6 Å². The molecule has 2 aliphatic rings. The molecular formula is C25H18O6. The number of ether oxygens (including phenoxy) is 2.